The van der Waals surface area contributed by atoms with Gasteiger partial charge < -0.3 is 9.73 Å². The minimum Gasteiger partial charge on any atom is -0.469 e. The number of hydrogen-bond donors (Lipinski definition) is 1. The van der Waals surface area contributed by atoms with Crippen molar-refractivity contribution in [3.8, 4) is 0 Å². The van der Waals surface area contributed by atoms with Crippen molar-refractivity contribution in [3.63, 3.8) is 0 Å². The fraction of sp³-hybridized carbons (Fsp3) is 0.353. The summed E-state index contributed by atoms with van der Waals surface area (Å²) in [5, 5.41) is 3.71. The Labute approximate surface area is 130 Å². The molecule has 0 saturated heterocycles. The monoisotopic (exact) mass is 305 g/mol. The Kier molecular flexibility index (Phi) is 6.35. The molecular formula is C17H20ClNO2. The number of carbonyl (C=O) groups is 1. The van der Waals surface area contributed by atoms with E-state index in [1.807, 2.05) is 30.3 Å². The third kappa shape index (κ3) is 6.05. The van der Waals surface area contributed by atoms with Gasteiger partial charge in [0.2, 0.25) is 5.91 Å². The van der Waals surface area contributed by atoms with Crippen LogP contribution >= 0.6 is 11.6 Å². The molecule has 1 amide bonds. The quantitative estimate of drug-likeness (QED) is 0.749. The van der Waals surface area contributed by atoms with Gasteiger partial charge in [-0.15, -0.1) is 0 Å². The summed E-state index contributed by atoms with van der Waals surface area (Å²) in [4.78, 5) is 11.6. The summed E-state index contributed by atoms with van der Waals surface area (Å²) in [6.45, 7) is 0.720. The van der Waals surface area contributed by atoms with Crippen molar-refractivity contribution < 1.29 is 9.21 Å². The molecule has 1 N–H and O–H groups in total. The topological polar surface area (TPSA) is 42.2 Å². The Morgan fingerprint density at radius 3 is 2.81 bits per heavy atom. The summed E-state index contributed by atoms with van der Waals surface area (Å²) < 4.78 is 5.19. The number of hydrogen-bond acceptors (Lipinski definition) is 2. The molecule has 0 radical (unpaired) electrons. The van der Waals surface area contributed by atoms with Crippen LogP contribution in [0.15, 0.2) is 47.1 Å². The van der Waals surface area contributed by atoms with Gasteiger partial charge in [-0.05, 0) is 49.1 Å². The van der Waals surface area contributed by atoms with Gasteiger partial charge in [0.1, 0.15) is 5.76 Å². The van der Waals surface area contributed by atoms with E-state index in [9.17, 15) is 4.79 Å². The van der Waals surface area contributed by atoms with Gasteiger partial charge in [0.15, 0.2) is 0 Å². The van der Waals surface area contributed by atoms with E-state index in [0.29, 0.717) is 12.8 Å². The molecule has 2 rings (SSSR count). The van der Waals surface area contributed by atoms with E-state index in [-0.39, 0.29) is 5.91 Å². The largest absolute Gasteiger partial charge is 0.469 e. The van der Waals surface area contributed by atoms with Crippen molar-refractivity contribution >= 4 is 17.5 Å². The van der Waals surface area contributed by atoms with Crippen LogP contribution in [-0.2, 0) is 17.6 Å². The van der Waals surface area contributed by atoms with Crippen LogP contribution in [0.1, 0.15) is 30.6 Å². The second kappa shape index (κ2) is 8.53. The number of nitrogens with one attached hydrogen (secondary N) is 1. The van der Waals surface area contributed by atoms with Crippen molar-refractivity contribution in [2.45, 2.75) is 32.1 Å². The number of benzene rings is 1. The highest BCUT2D eigenvalue weighted by molar-refractivity contribution is 6.30. The standard InChI is InChI=1S/C17H20ClNO2/c18-15-7-3-6-14(13-15)5-1-2-11-19-17(20)10-9-16-8-4-12-21-16/h3-4,6-8,12-13H,1-2,5,9-11H2,(H,19,20). The Morgan fingerprint density at radius 1 is 1.14 bits per heavy atom. The molecule has 0 saturated carbocycles. The first-order valence-electron chi connectivity index (χ1n) is 7.27. The van der Waals surface area contributed by atoms with E-state index in [2.05, 4.69) is 11.4 Å². The maximum absolute atomic E-state index is 11.6. The smallest absolute Gasteiger partial charge is 0.220 e. The molecule has 0 atom stereocenters. The third-order valence-electron chi connectivity index (χ3n) is 3.28. The van der Waals surface area contributed by atoms with Crippen LogP contribution in [0.4, 0.5) is 0 Å². The van der Waals surface area contributed by atoms with Crippen molar-refractivity contribution in [1.82, 2.24) is 5.32 Å². The fourth-order valence-electron chi connectivity index (χ4n) is 2.15. The Balaban J connectivity index is 1.54. The van der Waals surface area contributed by atoms with Crippen LogP contribution in [0.5, 0.6) is 0 Å². The highest BCUT2D eigenvalue weighted by Gasteiger charge is 2.03. The summed E-state index contributed by atoms with van der Waals surface area (Å²) in [5.74, 6) is 0.931. The van der Waals surface area contributed by atoms with Crippen molar-refractivity contribution in [2.24, 2.45) is 0 Å². The van der Waals surface area contributed by atoms with Gasteiger partial charge in [0, 0.05) is 24.4 Å². The second-order valence-electron chi connectivity index (χ2n) is 5.02. The number of aryl methyl sites for hydroxylation is 2. The van der Waals surface area contributed by atoms with Gasteiger partial charge >= 0.3 is 0 Å². The van der Waals surface area contributed by atoms with Crippen LogP contribution in [0.3, 0.4) is 0 Å². The van der Waals surface area contributed by atoms with Gasteiger partial charge in [0.25, 0.3) is 0 Å². The molecule has 4 heteroatoms. The predicted molar refractivity (Wildman–Crippen MR) is 84.4 cm³/mol. The molecule has 0 aliphatic carbocycles. The molecule has 0 bridgehead atoms. The Morgan fingerprint density at radius 2 is 2.05 bits per heavy atom. The molecular weight excluding hydrogens is 286 g/mol. The Hall–Kier alpha value is -1.74. The lowest BCUT2D eigenvalue weighted by atomic mass is 10.1. The van der Waals surface area contributed by atoms with Crippen molar-refractivity contribution in [3.05, 3.63) is 59.0 Å². The van der Waals surface area contributed by atoms with E-state index in [4.69, 9.17) is 16.0 Å². The molecule has 2 aromatic rings. The first kappa shape index (κ1) is 15.6. The first-order valence-corrected chi connectivity index (χ1v) is 7.65. The highest BCUT2D eigenvalue weighted by atomic mass is 35.5. The average Bonchev–Trinajstić information content (AvgIpc) is 2.98. The molecule has 1 aromatic carbocycles. The van der Waals surface area contributed by atoms with Crippen LogP contribution < -0.4 is 5.32 Å². The van der Waals surface area contributed by atoms with Gasteiger partial charge in [-0.25, -0.2) is 0 Å². The molecule has 112 valence electrons. The van der Waals surface area contributed by atoms with Gasteiger partial charge in [0.05, 0.1) is 6.26 Å². The van der Waals surface area contributed by atoms with Crippen LogP contribution in [0.25, 0.3) is 0 Å². The molecule has 21 heavy (non-hydrogen) atoms. The molecule has 1 aromatic heterocycles. The van der Waals surface area contributed by atoms with Gasteiger partial charge in [-0.3, -0.25) is 4.79 Å². The highest BCUT2D eigenvalue weighted by Crippen LogP contribution is 2.12. The van der Waals surface area contributed by atoms with Crippen LogP contribution in [0.2, 0.25) is 5.02 Å². The molecule has 1 heterocycles. The van der Waals surface area contributed by atoms with E-state index in [1.165, 1.54) is 5.56 Å². The van der Waals surface area contributed by atoms with E-state index >= 15 is 0 Å². The van der Waals surface area contributed by atoms with Crippen LogP contribution in [-0.4, -0.2) is 12.5 Å². The zero-order chi connectivity index (χ0) is 14.9. The summed E-state index contributed by atoms with van der Waals surface area (Å²) in [5.41, 5.74) is 1.24. The minimum atomic E-state index is 0.0779. The normalized spacial score (nSPS) is 10.5. The van der Waals surface area contributed by atoms with Crippen LogP contribution in [0, 0.1) is 0 Å². The maximum atomic E-state index is 11.6. The Bertz CT molecular complexity index is 552. The van der Waals surface area contributed by atoms with Gasteiger partial charge in [-0.2, -0.15) is 0 Å². The summed E-state index contributed by atoms with van der Waals surface area (Å²) >= 11 is 5.94. The lowest BCUT2D eigenvalue weighted by molar-refractivity contribution is -0.121. The number of furan rings is 1. The number of halogens is 1. The SMILES string of the molecule is O=C(CCc1ccco1)NCCCCc1cccc(Cl)c1. The number of carbonyl (C=O) groups excluding carboxylic acids is 1. The molecule has 0 spiro atoms. The number of unbranched alkanes of at least 4 members (excludes halogenated alkanes) is 1. The first-order chi connectivity index (χ1) is 10.2. The lowest BCUT2D eigenvalue weighted by Crippen LogP contribution is -2.24. The number of rotatable bonds is 8. The zero-order valence-corrected chi connectivity index (χ0v) is 12.7. The molecule has 3 nitrogen and oxygen atoms in total. The molecule has 0 aliphatic heterocycles. The predicted octanol–water partition coefficient (Wildman–Crippen LogP) is 4.00. The zero-order valence-electron chi connectivity index (χ0n) is 12.0. The second-order valence-corrected chi connectivity index (χ2v) is 5.45. The van der Waals surface area contributed by atoms with E-state index in [0.717, 1.165) is 36.6 Å². The van der Waals surface area contributed by atoms with E-state index < -0.39 is 0 Å². The van der Waals surface area contributed by atoms with Crippen molar-refractivity contribution in [1.29, 1.82) is 0 Å². The number of amides is 1. The molecule has 0 aliphatic rings. The third-order valence-corrected chi connectivity index (χ3v) is 3.52. The van der Waals surface area contributed by atoms with Crippen molar-refractivity contribution in [2.75, 3.05) is 6.54 Å². The summed E-state index contributed by atoms with van der Waals surface area (Å²) in [6, 6.07) is 11.6. The summed E-state index contributed by atoms with van der Waals surface area (Å²) in [7, 11) is 0. The maximum Gasteiger partial charge on any atom is 0.220 e. The van der Waals surface area contributed by atoms with E-state index in [1.54, 1.807) is 6.26 Å². The minimum absolute atomic E-state index is 0.0779. The summed E-state index contributed by atoms with van der Waals surface area (Å²) in [6.07, 6.45) is 5.76. The molecule has 0 unspecified atom stereocenters. The fourth-order valence-corrected chi connectivity index (χ4v) is 2.37. The van der Waals surface area contributed by atoms with Gasteiger partial charge in [-0.1, -0.05) is 23.7 Å². The average molecular weight is 306 g/mol. The lowest BCUT2D eigenvalue weighted by Gasteiger charge is -2.05. The molecule has 0 fully saturated rings.